The highest BCUT2D eigenvalue weighted by Crippen LogP contribution is 2.03. The first kappa shape index (κ1) is 13.2. The Balaban J connectivity index is 0.00000144. The Kier molecular flexibility index (Phi) is 5.76. The smallest absolute Gasteiger partial charge is 0.00973 e. The molecule has 0 aliphatic carbocycles. The van der Waals surface area contributed by atoms with Gasteiger partial charge in [0.1, 0.15) is 0 Å². The maximum Gasteiger partial charge on any atom is -0.00973 e. The van der Waals surface area contributed by atoms with Crippen molar-refractivity contribution in [3.8, 4) is 0 Å². The summed E-state index contributed by atoms with van der Waals surface area (Å²) in [5, 5.41) is 0. The molecule has 0 aliphatic rings. The van der Waals surface area contributed by atoms with E-state index in [-0.39, 0.29) is 6.15 Å². The van der Waals surface area contributed by atoms with Gasteiger partial charge in [-0.25, -0.2) is 0 Å². The van der Waals surface area contributed by atoms with Gasteiger partial charge in [0.25, 0.3) is 0 Å². The molecule has 1 nitrogen and oxygen atoms in total. The van der Waals surface area contributed by atoms with Crippen LogP contribution in [0.2, 0.25) is 0 Å². The van der Waals surface area contributed by atoms with E-state index in [4.69, 9.17) is 0 Å². The molecule has 0 fully saturated rings. The molecule has 0 heterocycles. The van der Waals surface area contributed by atoms with Crippen LogP contribution >= 0.6 is 0 Å². The Morgan fingerprint density at radius 1 is 0.588 bits per heavy atom. The maximum absolute atomic E-state index is 2.24. The van der Waals surface area contributed by atoms with Crippen molar-refractivity contribution in [1.82, 2.24) is 6.15 Å². The fourth-order valence-electron chi connectivity index (χ4n) is 1.67. The number of hydrogen-bond donors (Lipinski definition) is 1. The lowest BCUT2D eigenvalue weighted by molar-refractivity contribution is 1.21. The number of allylic oxidation sites excluding steroid dienone is 2. The lowest BCUT2D eigenvalue weighted by atomic mass is 10.1. The summed E-state index contributed by atoms with van der Waals surface area (Å²) in [5.74, 6) is 0. The Morgan fingerprint density at radius 3 is 1.29 bits per heavy atom. The summed E-state index contributed by atoms with van der Waals surface area (Å²) in [6.07, 6.45) is 6.52. The average Bonchev–Trinajstić information content (AvgIpc) is 2.37. The van der Waals surface area contributed by atoms with Gasteiger partial charge in [-0.1, -0.05) is 72.8 Å². The van der Waals surface area contributed by atoms with E-state index in [0.717, 1.165) is 12.8 Å². The van der Waals surface area contributed by atoms with Crippen LogP contribution in [0.5, 0.6) is 0 Å². The molecule has 0 amide bonds. The molecule has 17 heavy (non-hydrogen) atoms. The second-order valence-corrected chi connectivity index (χ2v) is 3.85. The van der Waals surface area contributed by atoms with E-state index in [1.54, 1.807) is 0 Å². The van der Waals surface area contributed by atoms with E-state index < -0.39 is 0 Å². The monoisotopic (exact) mass is 225 g/mol. The molecule has 0 saturated carbocycles. The summed E-state index contributed by atoms with van der Waals surface area (Å²) >= 11 is 0. The molecule has 88 valence electrons. The highest BCUT2D eigenvalue weighted by molar-refractivity contribution is 5.20. The van der Waals surface area contributed by atoms with Crippen molar-refractivity contribution >= 4 is 0 Å². The molecular formula is C16H19N. The molecule has 0 aliphatic heterocycles. The van der Waals surface area contributed by atoms with Crippen LogP contribution in [0.25, 0.3) is 0 Å². The molecule has 0 atom stereocenters. The van der Waals surface area contributed by atoms with Crippen LogP contribution in [0.15, 0.2) is 72.8 Å². The van der Waals surface area contributed by atoms with Gasteiger partial charge in [-0.3, -0.25) is 0 Å². The zero-order chi connectivity index (χ0) is 11.1. The van der Waals surface area contributed by atoms with Gasteiger partial charge in [-0.15, -0.1) is 0 Å². The van der Waals surface area contributed by atoms with Crippen LogP contribution in [0.4, 0.5) is 0 Å². The average molecular weight is 225 g/mol. The van der Waals surface area contributed by atoms with Gasteiger partial charge in [-0.2, -0.15) is 0 Å². The predicted octanol–water partition coefficient (Wildman–Crippen LogP) is 4.19. The van der Waals surface area contributed by atoms with E-state index in [1.807, 2.05) is 0 Å². The third-order valence-electron chi connectivity index (χ3n) is 2.56. The Bertz CT molecular complexity index is 388. The first-order valence-electron chi connectivity index (χ1n) is 5.68. The summed E-state index contributed by atoms with van der Waals surface area (Å²) in [6.45, 7) is 0. The van der Waals surface area contributed by atoms with Gasteiger partial charge in [0.05, 0.1) is 0 Å². The zero-order valence-electron chi connectivity index (χ0n) is 10.0. The highest BCUT2D eigenvalue weighted by atomic mass is 14.0. The van der Waals surface area contributed by atoms with Crippen LogP contribution in [0.3, 0.4) is 0 Å². The van der Waals surface area contributed by atoms with Gasteiger partial charge < -0.3 is 6.15 Å². The van der Waals surface area contributed by atoms with Crippen molar-refractivity contribution in [3.63, 3.8) is 0 Å². The van der Waals surface area contributed by atoms with E-state index in [9.17, 15) is 0 Å². The van der Waals surface area contributed by atoms with Gasteiger partial charge in [-0.05, 0) is 24.0 Å². The Labute approximate surface area is 103 Å². The molecule has 0 radical (unpaired) electrons. The quantitative estimate of drug-likeness (QED) is 0.778. The number of hydrogen-bond acceptors (Lipinski definition) is 1. The topological polar surface area (TPSA) is 35.0 Å². The minimum Gasteiger partial charge on any atom is -0.344 e. The molecule has 0 bridgehead atoms. The van der Waals surface area contributed by atoms with Crippen LogP contribution in [-0.2, 0) is 12.8 Å². The van der Waals surface area contributed by atoms with Crippen LogP contribution in [0, 0.1) is 0 Å². The first-order valence-corrected chi connectivity index (χ1v) is 5.68. The summed E-state index contributed by atoms with van der Waals surface area (Å²) in [6, 6.07) is 21.1. The largest absolute Gasteiger partial charge is 0.344 e. The van der Waals surface area contributed by atoms with E-state index >= 15 is 0 Å². The third kappa shape index (κ3) is 4.66. The summed E-state index contributed by atoms with van der Waals surface area (Å²) in [4.78, 5) is 0. The molecule has 0 unspecified atom stereocenters. The van der Waals surface area contributed by atoms with Gasteiger partial charge in [0, 0.05) is 0 Å². The lowest BCUT2D eigenvalue weighted by Gasteiger charge is -1.96. The molecule has 2 rings (SSSR count). The molecule has 1 heteroatoms. The van der Waals surface area contributed by atoms with Crippen molar-refractivity contribution in [2.75, 3.05) is 0 Å². The van der Waals surface area contributed by atoms with Crippen molar-refractivity contribution in [3.05, 3.63) is 83.9 Å². The second-order valence-electron chi connectivity index (χ2n) is 3.85. The molecular weight excluding hydrogens is 206 g/mol. The summed E-state index contributed by atoms with van der Waals surface area (Å²) in [7, 11) is 0. The fraction of sp³-hybridized carbons (Fsp3) is 0.125. The lowest BCUT2D eigenvalue weighted by Crippen LogP contribution is -1.81. The first-order chi connectivity index (χ1) is 7.95. The third-order valence-corrected chi connectivity index (χ3v) is 2.56. The zero-order valence-corrected chi connectivity index (χ0v) is 10.0. The number of benzene rings is 2. The van der Waals surface area contributed by atoms with Crippen molar-refractivity contribution in [1.29, 1.82) is 0 Å². The van der Waals surface area contributed by atoms with E-state index in [1.165, 1.54) is 11.1 Å². The Morgan fingerprint density at radius 2 is 0.941 bits per heavy atom. The van der Waals surface area contributed by atoms with Crippen molar-refractivity contribution in [2.24, 2.45) is 0 Å². The maximum atomic E-state index is 2.24. The van der Waals surface area contributed by atoms with Crippen molar-refractivity contribution < 1.29 is 0 Å². The van der Waals surface area contributed by atoms with Crippen molar-refractivity contribution in [2.45, 2.75) is 12.8 Å². The van der Waals surface area contributed by atoms with Gasteiger partial charge in [0.15, 0.2) is 0 Å². The molecule has 3 N–H and O–H groups in total. The fourth-order valence-corrected chi connectivity index (χ4v) is 1.67. The standard InChI is InChI=1S/C16H16.H3N/c1-3-9-15(10-4-1)13-7-8-14-16-11-5-2-6-12-16;/h1-12H,13-14H2;1H3. The highest BCUT2D eigenvalue weighted by Gasteiger charge is 1.87. The molecule has 0 spiro atoms. The van der Waals surface area contributed by atoms with Crippen LogP contribution in [0.1, 0.15) is 11.1 Å². The van der Waals surface area contributed by atoms with Crippen LogP contribution < -0.4 is 6.15 Å². The Hall–Kier alpha value is -1.86. The van der Waals surface area contributed by atoms with Gasteiger partial charge >= 0.3 is 0 Å². The predicted molar refractivity (Wildman–Crippen MR) is 74.5 cm³/mol. The number of rotatable bonds is 4. The van der Waals surface area contributed by atoms with E-state index in [2.05, 4.69) is 72.8 Å². The molecule has 2 aromatic rings. The normalized spacial score (nSPS) is 10.1. The molecule has 0 saturated heterocycles. The second kappa shape index (κ2) is 7.42. The van der Waals surface area contributed by atoms with E-state index in [0.29, 0.717) is 0 Å². The summed E-state index contributed by atoms with van der Waals surface area (Å²) in [5.41, 5.74) is 2.73. The minimum atomic E-state index is 0. The summed E-state index contributed by atoms with van der Waals surface area (Å²) < 4.78 is 0. The molecule has 2 aromatic carbocycles. The SMILES string of the molecule is C(=CCc1ccccc1)Cc1ccccc1.N. The minimum absolute atomic E-state index is 0. The van der Waals surface area contributed by atoms with Gasteiger partial charge in [0.2, 0.25) is 0 Å². The molecule has 0 aromatic heterocycles. The van der Waals surface area contributed by atoms with Crippen LogP contribution in [-0.4, -0.2) is 0 Å².